The van der Waals surface area contributed by atoms with Gasteiger partial charge in [0.05, 0.1) is 6.54 Å². The van der Waals surface area contributed by atoms with E-state index in [4.69, 9.17) is 0 Å². The van der Waals surface area contributed by atoms with Gasteiger partial charge in [0.25, 0.3) is 0 Å². The average molecular weight is 549 g/mol. The monoisotopic (exact) mass is 548 g/mol. The molecule has 3 aromatic rings. The molecule has 2 N–H and O–H groups in total. The highest BCUT2D eigenvalue weighted by Crippen LogP contribution is 2.30. The van der Waals surface area contributed by atoms with Gasteiger partial charge in [-0.15, -0.1) is 0 Å². The van der Waals surface area contributed by atoms with Gasteiger partial charge in [-0.2, -0.15) is 0 Å². The molecule has 0 spiro atoms. The molecule has 1 heterocycles. The van der Waals surface area contributed by atoms with Crippen molar-refractivity contribution in [2.75, 3.05) is 45.1 Å². The van der Waals surface area contributed by atoms with Crippen LogP contribution in [0.1, 0.15) is 41.0 Å². The summed E-state index contributed by atoms with van der Waals surface area (Å²) in [6.45, 7) is 6.64. The SMILES string of the molecule is CNC(=O)C1CN(CC(=O)Nc2c(C)cccc2C)CCN1CCCC(c1ccc(F)cc1)c1ccc(F)cc1. The smallest absolute Gasteiger partial charge is 0.238 e. The van der Waals surface area contributed by atoms with E-state index in [9.17, 15) is 18.4 Å². The van der Waals surface area contributed by atoms with E-state index in [1.54, 1.807) is 31.3 Å². The first kappa shape index (κ1) is 29.4. The van der Waals surface area contributed by atoms with Crippen molar-refractivity contribution in [3.63, 3.8) is 0 Å². The van der Waals surface area contributed by atoms with Gasteiger partial charge in [0.2, 0.25) is 11.8 Å². The molecule has 1 unspecified atom stereocenters. The molecule has 1 aliphatic rings. The van der Waals surface area contributed by atoms with Gasteiger partial charge in [0.1, 0.15) is 17.7 Å². The van der Waals surface area contributed by atoms with Gasteiger partial charge in [-0.25, -0.2) is 8.78 Å². The molecular weight excluding hydrogens is 510 g/mol. The molecule has 1 aliphatic heterocycles. The van der Waals surface area contributed by atoms with Gasteiger partial charge >= 0.3 is 0 Å². The van der Waals surface area contributed by atoms with Crippen LogP contribution in [0.4, 0.5) is 14.5 Å². The van der Waals surface area contributed by atoms with Crippen LogP contribution in [0.3, 0.4) is 0 Å². The number of piperazine rings is 1. The van der Waals surface area contributed by atoms with Crippen molar-refractivity contribution < 1.29 is 18.4 Å². The number of rotatable bonds is 10. The molecule has 0 saturated carbocycles. The fraction of sp³-hybridized carbons (Fsp3) is 0.375. The maximum absolute atomic E-state index is 13.6. The molecule has 40 heavy (non-hydrogen) atoms. The highest BCUT2D eigenvalue weighted by molar-refractivity contribution is 5.93. The molecule has 1 saturated heterocycles. The van der Waals surface area contributed by atoms with Crippen molar-refractivity contribution in [2.24, 2.45) is 0 Å². The van der Waals surface area contributed by atoms with Crippen LogP contribution in [0.15, 0.2) is 66.7 Å². The Labute approximate surface area is 235 Å². The highest BCUT2D eigenvalue weighted by atomic mass is 19.1. The van der Waals surface area contributed by atoms with Gasteiger partial charge in [-0.1, -0.05) is 42.5 Å². The van der Waals surface area contributed by atoms with E-state index in [0.717, 1.165) is 40.8 Å². The van der Waals surface area contributed by atoms with E-state index in [0.29, 0.717) is 26.2 Å². The number of halogens is 2. The summed E-state index contributed by atoms with van der Waals surface area (Å²) in [5.41, 5.74) is 4.80. The van der Waals surface area contributed by atoms with E-state index >= 15 is 0 Å². The summed E-state index contributed by atoms with van der Waals surface area (Å²) in [6.07, 6.45) is 1.55. The Bertz CT molecular complexity index is 1230. The van der Waals surface area contributed by atoms with Crippen molar-refractivity contribution in [2.45, 2.75) is 38.6 Å². The Hall–Kier alpha value is -3.62. The summed E-state index contributed by atoms with van der Waals surface area (Å²) in [5.74, 6) is -0.780. The van der Waals surface area contributed by atoms with Crippen molar-refractivity contribution in [3.8, 4) is 0 Å². The number of carbonyl (C=O) groups excluding carboxylic acids is 2. The average Bonchev–Trinajstić information content (AvgIpc) is 2.94. The zero-order valence-electron chi connectivity index (χ0n) is 23.4. The Kier molecular flexibility index (Phi) is 10.0. The second-order valence-corrected chi connectivity index (χ2v) is 10.5. The van der Waals surface area contributed by atoms with Gasteiger partial charge in [-0.05, 0) is 79.8 Å². The fourth-order valence-corrected chi connectivity index (χ4v) is 5.51. The van der Waals surface area contributed by atoms with E-state index in [1.165, 1.54) is 24.3 Å². The number of hydrogen-bond donors (Lipinski definition) is 2. The number of nitrogens with zero attached hydrogens (tertiary/aromatic N) is 2. The summed E-state index contributed by atoms with van der Waals surface area (Å²) in [7, 11) is 1.63. The highest BCUT2D eigenvalue weighted by Gasteiger charge is 2.32. The number of likely N-dealkylation sites (N-methyl/N-ethyl adjacent to an activating group) is 1. The lowest BCUT2D eigenvalue weighted by Crippen LogP contribution is -2.59. The summed E-state index contributed by atoms with van der Waals surface area (Å²) >= 11 is 0. The lowest BCUT2D eigenvalue weighted by Gasteiger charge is -2.40. The fourth-order valence-electron chi connectivity index (χ4n) is 5.51. The number of nitrogens with one attached hydrogen (secondary N) is 2. The molecule has 1 atom stereocenters. The van der Waals surface area contributed by atoms with Gasteiger partial charge in [0.15, 0.2) is 0 Å². The summed E-state index contributed by atoms with van der Waals surface area (Å²) in [5, 5.41) is 5.81. The number of amides is 2. The summed E-state index contributed by atoms with van der Waals surface area (Å²) in [6, 6.07) is 18.4. The topological polar surface area (TPSA) is 64.7 Å². The van der Waals surface area contributed by atoms with E-state index in [2.05, 4.69) is 15.5 Å². The maximum atomic E-state index is 13.6. The van der Waals surface area contributed by atoms with Crippen molar-refractivity contribution >= 4 is 17.5 Å². The van der Waals surface area contributed by atoms with Crippen LogP contribution in [-0.4, -0.2) is 67.4 Å². The van der Waals surface area contributed by atoms with E-state index in [1.807, 2.05) is 36.9 Å². The van der Waals surface area contributed by atoms with E-state index in [-0.39, 0.29) is 42.0 Å². The maximum Gasteiger partial charge on any atom is 0.238 e. The molecular formula is C32H38F2N4O2. The number of para-hydroxylation sites is 1. The Morgan fingerprint density at radius 3 is 2.02 bits per heavy atom. The van der Waals surface area contributed by atoms with Crippen LogP contribution in [0.25, 0.3) is 0 Å². The standard InChI is InChI=1S/C32H38F2N4O2/c1-22-6-4-7-23(2)31(22)36-30(39)21-37-18-19-38(29(20-37)32(40)35-3)17-5-8-28(24-9-13-26(33)14-10-24)25-11-15-27(34)16-12-25/h4,6-7,9-16,28-29H,5,8,17-21H2,1-3H3,(H,35,40)(H,36,39). The molecule has 0 bridgehead atoms. The number of carbonyl (C=O) groups is 2. The first-order valence-corrected chi connectivity index (χ1v) is 13.8. The lowest BCUT2D eigenvalue weighted by molar-refractivity contribution is -0.129. The summed E-state index contributed by atoms with van der Waals surface area (Å²) < 4.78 is 27.2. The van der Waals surface area contributed by atoms with Crippen molar-refractivity contribution in [3.05, 3.63) is 101 Å². The number of hydrogen-bond acceptors (Lipinski definition) is 4. The molecule has 8 heteroatoms. The van der Waals surface area contributed by atoms with Gasteiger partial charge in [-0.3, -0.25) is 19.4 Å². The van der Waals surface area contributed by atoms with Crippen LogP contribution in [0.5, 0.6) is 0 Å². The first-order valence-electron chi connectivity index (χ1n) is 13.8. The number of aryl methyl sites for hydroxylation is 2. The zero-order valence-corrected chi connectivity index (χ0v) is 23.4. The minimum Gasteiger partial charge on any atom is -0.358 e. The van der Waals surface area contributed by atoms with Gasteiger partial charge < -0.3 is 10.6 Å². The Morgan fingerprint density at radius 2 is 1.48 bits per heavy atom. The normalized spacial score (nSPS) is 16.2. The minimum absolute atomic E-state index is 0.0189. The molecule has 4 rings (SSSR count). The third-order valence-electron chi connectivity index (χ3n) is 7.72. The zero-order chi connectivity index (χ0) is 28.6. The molecule has 0 radical (unpaired) electrons. The van der Waals surface area contributed by atoms with Gasteiger partial charge in [0, 0.05) is 38.3 Å². The number of anilines is 1. The quantitative estimate of drug-likeness (QED) is 0.380. The third-order valence-corrected chi connectivity index (χ3v) is 7.72. The minimum atomic E-state index is -0.373. The van der Waals surface area contributed by atoms with Crippen LogP contribution >= 0.6 is 0 Å². The van der Waals surface area contributed by atoms with Crippen molar-refractivity contribution in [1.82, 2.24) is 15.1 Å². The Balaban J connectivity index is 1.38. The van der Waals surface area contributed by atoms with Crippen LogP contribution in [0.2, 0.25) is 0 Å². The molecule has 0 aromatic heterocycles. The first-order chi connectivity index (χ1) is 19.2. The molecule has 6 nitrogen and oxygen atoms in total. The van der Waals surface area contributed by atoms with Crippen molar-refractivity contribution in [1.29, 1.82) is 0 Å². The number of benzene rings is 3. The predicted molar refractivity (Wildman–Crippen MR) is 154 cm³/mol. The lowest BCUT2D eigenvalue weighted by atomic mass is 9.87. The molecule has 0 aliphatic carbocycles. The largest absolute Gasteiger partial charge is 0.358 e. The molecule has 3 aromatic carbocycles. The van der Waals surface area contributed by atoms with Crippen LogP contribution in [-0.2, 0) is 9.59 Å². The Morgan fingerprint density at radius 1 is 0.900 bits per heavy atom. The van der Waals surface area contributed by atoms with Crippen LogP contribution in [0, 0.1) is 25.5 Å². The molecule has 1 fully saturated rings. The summed E-state index contributed by atoms with van der Waals surface area (Å²) in [4.78, 5) is 29.9. The second kappa shape index (κ2) is 13.6. The predicted octanol–water partition coefficient (Wildman–Crippen LogP) is 4.86. The second-order valence-electron chi connectivity index (χ2n) is 10.5. The van der Waals surface area contributed by atoms with Crippen LogP contribution < -0.4 is 10.6 Å². The third kappa shape index (κ3) is 7.52. The van der Waals surface area contributed by atoms with E-state index < -0.39 is 0 Å². The molecule has 212 valence electrons. The molecule has 2 amide bonds.